The monoisotopic (exact) mass is 401 g/mol. The Labute approximate surface area is 172 Å². The molecule has 3 heterocycles. The van der Waals surface area contributed by atoms with Gasteiger partial charge in [-0.05, 0) is 30.3 Å². The normalized spacial score (nSPS) is 17.1. The zero-order valence-electron chi connectivity index (χ0n) is 16.1. The molecule has 1 atom stereocenters. The van der Waals surface area contributed by atoms with Crippen LogP contribution in [0.3, 0.4) is 0 Å². The predicted octanol–water partition coefficient (Wildman–Crippen LogP) is 3.16. The van der Waals surface area contributed by atoms with Gasteiger partial charge < -0.3 is 19.1 Å². The van der Waals surface area contributed by atoms with Crippen molar-refractivity contribution in [1.29, 1.82) is 0 Å². The van der Waals surface area contributed by atoms with Crippen molar-refractivity contribution < 1.29 is 18.4 Å². The summed E-state index contributed by atoms with van der Waals surface area (Å²) in [5.74, 6) is 0.541. The lowest BCUT2D eigenvalue weighted by atomic mass is 10.1. The molecule has 1 unspecified atom stereocenters. The van der Waals surface area contributed by atoms with Gasteiger partial charge in [-0.15, -0.1) is 0 Å². The number of rotatable bonds is 4. The number of hydrogen-bond donors (Lipinski definition) is 1. The van der Waals surface area contributed by atoms with E-state index in [9.17, 15) is 9.59 Å². The van der Waals surface area contributed by atoms with E-state index in [1.54, 1.807) is 11.0 Å². The molecule has 0 aliphatic carbocycles. The van der Waals surface area contributed by atoms with E-state index in [2.05, 4.69) is 10.3 Å². The molecule has 1 saturated heterocycles. The number of nitrogens with one attached hydrogen (secondary N) is 1. The maximum atomic E-state index is 12.9. The fourth-order valence-electron chi connectivity index (χ4n) is 3.69. The Kier molecular flexibility index (Phi) is 4.55. The molecular weight excluding hydrogens is 382 g/mol. The summed E-state index contributed by atoms with van der Waals surface area (Å²) in [6.45, 7) is 0.826. The lowest BCUT2D eigenvalue weighted by Gasteiger charge is -2.33. The van der Waals surface area contributed by atoms with Gasteiger partial charge in [-0.2, -0.15) is 0 Å². The molecule has 2 aromatic heterocycles. The SMILES string of the molecule is O=C1NCCN(C(=O)/C=C/c2cc3ccccc3o2)C1Cc1nc2ccccc2o1. The van der Waals surface area contributed by atoms with Gasteiger partial charge in [0.15, 0.2) is 11.5 Å². The maximum absolute atomic E-state index is 12.9. The molecule has 0 radical (unpaired) electrons. The summed E-state index contributed by atoms with van der Waals surface area (Å²) in [4.78, 5) is 31.4. The van der Waals surface area contributed by atoms with Crippen LogP contribution >= 0.6 is 0 Å². The highest BCUT2D eigenvalue weighted by Gasteiger charge is 2.33. The Morgan fingerprint density at radius 3 is 2.77 bits per heavy atom. The standard InChI is InChI=1S/C23H19N3O4/c27-22(10-9-16-13-15-5-1-3-7-19(15)29-16)26-12-11-24-23(28)18(26)14-21-25-17-6-2-4-8-20(17)30-21/h1-10,13,18H,11-12,14H2,(H,24,28)/b10-9+. The van der Waals surface area contributed by atoms with Gasteiger partial charge in [-0.3, -0.25) is 9.59 Å². The summed E-state index contributed by atoms with van der Waals surface area (Å²) in [6.07, 6.45) is 3.28. The van der Waals surface area contributed by atoms with Gasteiger partial charge in [0.1, 0.15) is 22.9 Å². The number of benzene rings is 2. The lowest BCUT2D eigenvalue weighted by molar-refractivity contribution is -0.140. The number of amides is 2. The second kappa shape index (κ2) is 7.51. The number of para-hydroxylation sites is 3. The molecule has 7 nitrogen and oxygen atoms in total. The first-order valence-electron chi connectivity index (χ1n) is 9.77. The first kappa shape index (κ1) is 18.2. The molecule has 30 heavy (non-hydrogen) atoms. The van der Waals surface area contributed by atoms with Crippen molar-refractivity contribution in [3.63, 3.8) is 0 Å². The fraction of sp³-hybridized carbons (Fsp3) is 0.174. The third-order valence-corrected chi connectivity index (χ3v) is 5.15. The predicted molar refractivity (Wildman–Crippen MR) is 111 cm³/mol. The molecule has 1 aliphatic heterocycles. The smallest absolute Gasteiger partial charge is 0.247 e. The Morgan fingerprint density at radius 1 is 1.13 bits per heavy atom. The fourth-order valence-corrected chi connectivity index (χ4v) is 3.69. The number of hydrogen-bond acceptors (Lipinski definition) is 5. The Morgan fingerprint density at radius 2 is 1.93 bits per heavy atom. The highest BCUT2D eigenvalue weighted by Crippen LogP contribution is 2.21. The summed E-state index contributed by atoms with van der Waals surface area (Å²) in [6, 6.07) is 16.3. The van der Waals surface area contributed by atoms with Crippen LogP contribution in [-0.2, 0) is 16.0 Å². The lowest BCUT2D eigenvalue weighted by Crippen LogP contribution is -2.57. The van der Waals surface area contributed by atoms with Crippen LogP contribution < -0.4 is 5.32 Å². The van der Waals surface area contributed by atoms with Crippen molar-refractivity contribution >= 4 is 40.0 Å². The largest absolute Gasteiger partial charge is 0.457 e. The zero-order chi connectivity index (χ0) is 20.5. The van der Waals surface area contributed by atoms with Crippen molar-refractivity contribution in [2.24, 2.45) is 0 Å². The van der Waals surface area contributed by atoms with Crippen LogP contribution in [0.1, 0.15) is 11.7 Å². The van der Waals surface area contributed by atoms with Crippen molar-refractivity contribution in [3.05, 3.63) is 72.3 Å². The van der Waals surface area contributed by atoms with Crippen LogP contribution in [0.4, 0.5) is 0 Å². The Bertz CT molecular complexity index is 1200. The van der Waals surface area contributed by atoms with Gasteiger partial charge in [0.2, 0.25) is 11.8 Å². The molecular formula is C23H19N3O4. The second-order valence-electron chi connectivity index (χ2n) is 7.14. The molecule has 0 saturated carbocycles. The molecule has 0 spiro atoms. The molecule has 150 valence electrons. The van der Waals surface area contributed by atoms with Crippen molar-refractivity contribution in [1.82, 2.24) is 15.2 Å². The van der Waals surface area contributed by atoms with Crippen LogP contribution in [0.15, 0.2) is 69.5 Å². The number of piperazine rings is 1. The summed E-state index contributed by atoms with van der Waals surface area (Å²) in [5, 5.41) is 3.79. The minimum atomic E-state index is -0.681. The summed E-state index contributed by atoms with van der Waals surface area (Å²) in [7, 11) is 0. The number of carbonyl (C=O) groups excluding carboxylic acids is 2. The third-order valence-electron chi connectivity index (χ3n) is 5.15. The number of nitrogens with zero attached hydrogens (tertiary/aromatic N) is 2. The van der Waals surface area contributed by atoms with E-state index < -0.39 is 6.04 Å². The van der Waals surface area contributed by atoms with Gasteiger partial charge in [0.05, 0.1) is 6.42 Å². The average Bonchev–Trinajstić information content (AvgIpc) is 3.36. The molecule has 0 bridgehead atoms. The van der Waals surface area contributed by atoms with Crippen LogP contribution in [0.2, 0.25) is 0 Å². The van der Waals surface area contributed by atoms with E-state index in [0.29, 0.717) is 30.3 Å². The van der Waals surface area contributed by atoms with E-state index in [4.69, 9.17) is 8.83 Å². The minimum absolute atomic E-state index is 0.213. The van der Waals surface area contributed by atoms with Crippen LogP contribution in [0.25, 0.3) is 28.1 Å². The molecule has 4 aromatic rings. The first-order chi connectivity index (χ1) is 14.7. The summed E-state index contributed by atoms with van der Waals surface area (Å²) < 4.78 is 11.5. The molecule has 2 aromatic carbocycles. The topological polar surface area (TPSA) is 88.6 Å². The highest BCUT2D eigenvalue weighted by molar-refractivity contribution is 5.96. The van der Waals surface area contributed by atoms with Gasteiger partial charge in [0, 0.05) is 24.6 Å². The number of aromatic nitrogens is 1. The first-order valence-corrected chi connectivity index (χ1v) is 9.77. The summed E-state index contributed by atoms with van der Waals surface area (Å²) >= 11 is 0. The van der Waals surface area contributed by atoms with Gasteiger partial charge in [-0.25, -0.2) is 4.98 Å². The quantitative estimate of drug-likeness (QED) is 0.531. The van der Waals surface area contributed by atoms with Gasteiger partial charge in [-0.1, -0.05) is 30.3 Å². The molecule has 1 fully saturated rings. The molecule has 1 N–H and O–H groups in total. The average molecular weight is 401 g/mol. The molecule has 1 aliphatic rings. The second-order valence-corrected chi connectivity index (χ2v) is 7.14. The third kappa shape index (κ3) is 3.45. The molecule has 5 rings (SSSR count). The van der Waals surface area contributed by atoms with Gasteiger partial charge >= 0.3 is 0 Å². The van der Waals surface area contributed by atoms with E-state index in [-0.39, 0.29) is 18.2 Å². The van der Waals surface area contributed by atoms with E-state index in [1.807, 2.05) is 54.6 Å². The Balaban J connectivity index is 1.36. The van der Waals surface area contributed by atoms with Crippen LogP contribution in [-0.4, -0.2) is 40.8 Å². The van der Waals surface area contributed by atoms with Crippen molar-refractivity contribution in [3.8, 4) is 0 Å². The zero-order valence-corrected chi connectivity index (χ0v) is 16.1. The maximum Gasteiger partial charge on any atom is 0.247 e. The van der Waals surface area contributed by atoms with Gasteiger partial charge in [0.25, 0.3) is 0 Å². The minimum Gasteiger partial charge on any atom is -0.457 e. The van der Waals surface area contributed by atoms with E-state index in [0.717, 1.165) is 16.5 Å². The summed E-state index contributed by atoms with van der Waals surface area (Å²) in [5.41, 5.74) is 2.15. The van der Waals surface area contributed by atoms with Crippen molar-refractivity contribution in [2.45, 2.75) is 12.5 Å². The number of furan rings is 1. The Hall–Kier alpha value is -3.87. The van der Waals surface area contributed by atoms with Crippen LogP contribution in [0.5, 0.6) is 0 Å². The van der Waals surface area contributed by atoms with E-state index in [1.165, 1.54) is 6.08 Å². The molecule has 2 amide bonds. The van der Waals surface area contributed by atoms with Crippen LogP contribution in [0, 0.1) is 0 Å². The number of oxazole rings is 1. The van der Waals surface area contributed by atoms with Crippen molar-refractivity contribution in [2.75, 3.05) is 13.1 Å². The highest BCUT2D eigenvalue weighted by atomic mass is 16.3. The molecule has 7 heteroatoms. The van der Waals surface area contributed by atoms with E-state index >= 15 is 0 Å². The number of fused-ring (bicyclic) bond motifs is 2. The number of carbonyl (C=O) groups is 2.